The van der Waals surface area contributed by atoms with Crippen molar-refractivity contribution < 1.29 is 9.53 Å². The van der Waals surface area contributed by atoms with Crippen LogP contribution in [0.1, 0.15) is 27.6 Å². The number of anilines is 1. The van der Waals surface area contributed by atoms with Crippen LogP contribution >= 0.6 is 27.7 Å². The molecular weight excluding hydrogens is 422 g/mol. The van der Waals surface area contributed by atoms with Crippen LogP contribution in [0.25, 0.3) is 0 Å². The Kier molecular flexibility index (Phi) is 6.58. The van der Waals surface area contributed by atoms with Crippen LogP contribution in [0.2, 0.25) is 0 Å². The number of para-hydroxylation sites is 1. The first kappa shape index (κ1) is 19.5. The summed E-state index contributed by atoms with van der Waals surface area (Å²) in [5, 5.41) is -0.0447. The molecular formula is C22H20BrNO2S. The summed E-state index contributed by atoms with van der Waals surface area (Å²) in [6, 6.07) is 23.0. The van der Waals surface area contributed by atoms with Gasteiger partial charge in [-0.3, -0.25) is 4.79 Å². The van der Waals surface area contributed by atoms with Crippen molar-refractivity contribution in [1.82, 2.24) is 0 Å². The number of thioether (sulfide) groups is 1. The minimum absolute atomic E-state index is 0.0447. The van der Waals surface area contributed by atoms with E-state index in [9.17, 15) is 4.79 Å². The van der Waals surface area contributed by atoms with Crippen LogP contribution < -0.4 is 10.5 Å². The largest absolute Gasteiger partial charge is 0.497 e. The van der Waals surface area contributed by atoms with Crippen molar-refractivity contribution >= 4 is 39.2 Å². The molecule has 0 unspecified atom stereocenters. The van der Waals surface area contributed by atoms with Gasteiger partial charge in [0.05, 0.1) is 7.11 Å². The molecule has 2 N–H and O–H groups in total. The molecule has 0 heterocycles. The molecule has 0 radical (unpaired) electrons. The molecule has 0 amide bonds. The Labute approximate surface area is 172 Å². The van der Waals surface area contributed by atoms with E-state index in [-0.39, 0.29) is 11.0 Å². The van der Waals surface area contributed by atoms with Crippen LogP contribution in [0.3, 0.4) is 0 Å². The van der Waals surface area contributed by atoms with Crippen molar-refractivity contribution in [3.8, 4) is 5.75 Å². The van der Waals surface area contributed by atoms with E-state index in [1.54, 1.807) is 18.9 Å². The first-order valence-electron chi connectivity index (χ1n) is 8.50. The number of hydrogen-bond donors (Lipinski definition) is 1. The zero-order valence-corrected chi connectivity index (χ0v) is 17.3. The molecule has 0 aliphatic heterocycles. The lowest BCUT2D eigenvalue weighted by Gasteiger charge is -2.18. The van der Waals surface area contributed by atoms with E-state index in [0.29, 0.717) is 12.0 Å². The fourth-order valence-corrected chi connectivity index (χ4v) is 4.17. The molecule has 0 aliphatic carbocycles. The number of Topliss-reactive ketones (excluding diaryl/α,β-unsaturated/α-hetero) is 1. The number of hydrogen-bond acceptors (Lipinski definition) is 4. The van der Waals surface area contributed by atoms with Gasteiger partial charge in [-0.25, -0.2) is 0 Å². The fourth-order valence-electron chi connectivity index (χ4n) is 2.71. The molecule has 138 valence electrons. The maximum atomic E-state index is 12.9. The molecule has 3 rings (SSSR count). The fraction of sp³-hybridized carbons (Fsp3) is 0.136. The van der Waals surface area contributed by atoms with Crippen LogP contribution in [0.5, 0.6) is 5.75 Å². The van der Waals surface area contributed by atoms with Gasteiger partial charge in [0.2, 0.25) is 0 Å². The summed E-state index contributed by atoms with van der Waals surface area (Å²) < 4.78 is 6.21. The van der Waals surface area contributed by atoms with Gasteiger partial charge in [-0.2, -0.15) is 0 Å². The van der Waals surface area contributed by atoms with Gasteiger partial charge in [-0.05, 0) is 42.0 Å². The number of nitrogens with two attached hydrogens (primary N) is 1. The number of ether oxygens (including phenoxy) is 1. The van der Waals surface area contributed by atoms with Crippen LogP contribution in [0, 0.1) is 0 Å². The minimum Gasteiger partial charge on any atom is -0.497 e. The lowest BCUT2D eigenvalue weighted by molar-refractivity contribution is 0.0982. The number of methoxy groups -OCH3 is 1. The summed E-state index contributed by atoms with van der Waals surface area (Å²) in [6.07, 6.45) is 0.382. The van der Waals surface area contributed by atoms with Gasteiger partial charge in [0.25, 0.3) is 0 Å². The Morgan fingerprint density at radius 1 is 1.04 bits per heavy atom. The Balaban J connectivity index is 1.87. The highest BCUT2D eigenvalue weighted by Gasteiger charge is 2.20. The zero-order chi connectivity index (χ0) is 19.2. The second-order valence-corrected chi connectivity index (χ2v) is 8.21. The Morgan fingerprint density at radius 3 is 2.33 bits per heavy atom. The number of benzene rings is 3. The normalized spacial score (nSPS) is 11.8. The van der Waals surface area contributed by atoms with Crippen LogP contribution in [-0.4, -0.2) is 12.9 Å². The van der Waals surface area contributed by atoms with Crippen LogP contribution in [-0.2, 0) is 0 Å². The molecule has 1 atom stereocenters. The monoisotopic (exact) mass is 441 g/mol. The third kappa shape index (κ3) is 5.15. The van der Waals surface area contributed by atoms with Gasteiger partial charge >= 0.3 is 0 Å². The molecule has 0 spiro atoms. The van der Waals surface area contributed by atoms with Crippen molar-refractivity contribution in [2.45, 2.75) is 16.6 Å². The summed E-state index contributed by atoms with van der Waals surface area (Å²) in [5.41, 5.74) is 8.61. The molecule has 5 heteroatoms. The highest BCUT2D eigenvalue weighted by atomic mass is 79.9. The number of carbonyl (C=O) groups excluding carboxylic acids is 1. The van der Waals surface area contributed by atoms with Gasteiger partial charge < -0.3 is 10.5 Å². The summed E-state index contributed by atoms with van der Waals surface area (Å²) in [4.78, 5) is 13.8. The van der Waals surface area contributed by atoms with Crippen LogP contribution in [0.4, 0.5) is 5.69 Å². The second-order valence-electron chi connectivity index (χ2n) is 6.05. The van der Waals surface area contributed by atoms with Crippen molar-refractivity contribution in [3.05, 3.63) is 88.4 Å². The molecule has 0 aliphatic rings. The topological polar surface area (TPSA) is 52.3 Å². The van der Waals surface area contributed by atoms with Gasteiger partial charge in [0.15, 0.2) is 5.78 Å². The van der Waals surface area contributed by atoms with E-state index in [0.717, 1.165) is 26.4 Å². The van der Waals surface area contributed by atoms with Gasteiger partial charge in [-0.15, -0.1) is 11.8 Å². The van der Waals surface area contributed by atoms with E-state index in [4.69, 9.17) is 10.5 Å². The highest BCUT2D eigenvalue weighted by molar-refractivity contribution is 9.10. The molecule has 0 bridgehead atoms. The molecule has 3 nitrogen and oxygen atoms in total. The molecule has 0 aromatic heterocycles. The third-order valence-corrected chi connectivity index (χ3v) is 6.09. The first-order chi connectivity index (χ1) is 13.1. The lowest BCUT2D eigenvalue weighted by Crippen LogP contribution is -2.06. The Bertz CT molecular complexity index is 910. The maximum absolute atomic E-state index is 12.9. The molecule has 0 saturated carbocycles. The minimum atomic E-state index is -0.0447. The van der Waals surface area contributed by atoms with E-state index in [2.05, 4.69) is 15.9 Å². The average molecular weight is 442 g/mol. The van der Waals surface area contributed by atoms with Crippen molar-refractivity contribution in [2.24, 2.45) is 0 Å². The predicted molar refractivity (Wildman–Crippen MR) is 116 cm³/mol. The Hall–Kier alpha value is -2.24. The summed E-state index contributed by atoms with van der Waals surface area (Å²) in [7, 11) is 1.64. The Morgan fingerprint density at radius 2 is 1.70 bits per heavy atom. The van der Waals surface area contributed by atoms with Crippen molar-refractivity contribution in [3.63, 3.8) is 0 Å². The summed E-state index contributed by atoms with van der Waals surface area (Å²) in [5.74, 6) is 0.895. The van der Waals surface area contributed by atoms with Gasteiger partial charge in [0.1, 0.15) is 5.75 Å². The zero-order valence-electron chi connectivity index (χ0n) is 14.9. The van der Waals surface area contributed by atoms with Crippen molar-refractivity contribution in [2.75, 3.05) is 12.8 Å². The maximum Gasteiger partial charge on any atom is 0.164 e. The standard InChI is InChI=1S/C22H20BrNO2S/c1-26-18-12-8-16(9-13-18)22(27-21-5-3-2-4-19(21)24)14-20(25)15-6-10-17(23)11-7-15/h2-13,22H,14,24H2,1H3/t22-/m1/s1. The summed E-state index contributed by atoms with van der Waals surface area (Å²) in [6.45, 7) is 0. The molecule has 27 heavy (non-hydrogen) atoms. The molecule has 0 saturated heterocycles. The number of carbonyl (C=O) groups is 1. The molecule has 3 aromatic rings. The highest BCUT2D eigenvalue weighted by Crippen LogP contribution is 2.41. The van der Waals surface area contributed by atoms with Crippen molar-refractivity contribution in [1.29, 1.82) is 0 Å². The van der Waals surface area contributed by atoms with E-state index in [1.165, 1.54) is 0 Å². The van der Waals surface area contributed by atoms with E-state index >= 15 is 0 Å². The van der Waals surface area contributed by atoms with E-state index < -0.39 is 0 Å². The predicted octanol–water partition coefficient (Wildman–Crippen LogP) is 6.15. The molecule has 0 fully saturated rings. The third-order valence-electron chi connectivity index (χ3n) is 4.21. The number of halogens is 1. The number of rotatable bonds is 7. The van der Waals surface area contributed by atoms with Gasteiger partial charge in [0, 0.05) is 32.3 Å². The SMILES string of the molecule is COc1ccc([C@@H](CC(=O)c2ccc(Br)cc2)Sc2ccccc2N)cc1. The quantitative estimate of drug-likeness (QED) is 0.271. The first-order valence-corrected chi connectivity index (χ1v) is 10.2. The lowest BCUT2D eigenvalue weighted by atomic mass is 10.0. The molecule has 3 aromatic carbocycles. The number of ketones is 1. The van der Waals surface area contributed by atoms with Crippen LogP contribution in [0.15, 0.2) is 82.2 Å². The summed E-state index contributed by atoms with van der Waals surface area (Å²) >= 11 is 5.02. The van der Waals surface area contributed by atoms with E-state index in [1.807, 2.05) is 72.8 Å². The van der Waals surface area contributed by atoms with Gasteiger partial charge in [-0.1, -0.05) is 52.3 Å². The number of nitrogen functional groups attached to an aromatic ring is 1. The average Bonchev–Trinajstić information content (AvgIpc) is 2.69. The smallest absolute Gasteiger partial charge is 0.164 e. The second kappa shape index (κ2) is 9.11.